The molecule has 0 radical (unpaired) electrons. The highest BCUT2D eigenvalue weighted by Gasteiger charge is 2.18. The molecule has 4 rings (SSSR count). The summed E-state index contributed by atoms with van der Waals surface area (Å²) in [6.07, 6.45) is 1.36. The average molecular weight is 452 g/mol. The summed E-state index contributed by atoms with van der Waals surface area (Å²) in [5.74, 6) is -0.831. The number of carbonyl (C=O) groups is 1. The normalized spacial score (nSPS) is 11.2. The van der Waals surface area contributed by atoms with Crippen LogP contribution in [0.25, 0.3) is 11.0 Å². The first-order valence-corrected chi connectivity index (χ1v) is 10.8. The molecule has 0 spiro atoms. The number of benzene rings is 3. The summed E-state index contributed by atoms with van der Waals surface area (Å²) in [5, 5.41) is 2.67. The van der Waals surface area contributed by atoms with E-state index < -0.39 is 21.7 Å². The van der Waals surface area contributed by atoms with Crippen LogP contribution in [0.2, 0.25) is 0 Å². The molecular formula is C22H17FN4O4S. The molecule has 0 aliphatic carbocycles. The largest absolute Gasteiger partial charge is 0.495 e. The molecule has 4 aromatic rings. The number of nitrogens with zero attached hydrogens (tertiary/aromatic N) is 2. The van der Waals surface area contributed by atoms with E-state index in [0.717, 1.165) is 24.3 Å². The zero-order valence-corrected chi connectivity index (χ0v) is 17.6. The van der Waals surface area contributed by atoms with Gasteiger partial charge in [0.05, 0.1) is 34.9 Å². The standard InChI is InChI=1S/C22H17FN4O4S/c1-31-21-11-8-15(12-19(21)27-32(29,30)16-9-6-14(23)7-10-16)25-22(28)20-13-24-17-4-2-3-5-18(17)26-20/h2-13,27H,1H3,(H,25,28). The van der Waals surface area contributed by atoms with Gasteiger partial charge in [0.1, 0.15) is 17.3 Å². The fraction of sp³-hybridized carbons (Fsp3) is 0.0455. The molecule has 0 atom stereocenters. The molecular weight excluding hydrogens is 435 g/mol. The van der Waals surface area contributed by atoms with Crippen LogP contribution in [0.1, 0.15) is 10.5 Å². The topological polar surface area (TPSA) is 110 Å². The highest BCUT2D eigenvalue weighted by atomic mass is 32.2. The van der Waals surface area contributed by atoms with E-state index >= 15 is 0 Å². The molecule has 0 bridgehead atoms. The van der Waals surface area contributed by atoms with E-state index in [0.29, 0.717) is 16.7 Å². The maximum absolute atomic E-state index is 13.1. The van der Waals surface area contributed by atoms with E-state index in [4.69, 9.17) is 4.74 Å². The third-order valence-electron chi connectivity index (χ3n) is 4.51. The summed E-state index contributed by atoms with van der Waals surface area (Å²) in [4.78, 5) is 21.0. The molecule has 0 aliphatic heterocycles. The molecule has 0 saturated carbocycles. The van der Waals surface area contributed by atoms with Gasteiger partial charge in [0, 0.05) is 5.69 Å². The molecule has 0 unspecified atom stereocenters. The number of sulfonamides is 1. The first-order chi connectivity index (χ1) is 15.4. The Morgan fingerprint density at radius 3 is 2.44 bits per heavy atom. The number of anilines is 2. The van der Waals surface area contributed by atoms with Gasteiger partial charge in [0.15, 0.2) is 0 Å². The van der Waals surface area contributed by atoms with Crippen LogP contribution in [0.15, 0.2) is 77.8 Å². The summed E-state index contributed by atoms with van der Waals surface area (Å²) >= 11 is 0. The number of halogens is 1. The van der Waals surface area contributed by atoms with E-state index in [2.05, 4.69) is 20.0 Å². The van der Waals surface area contributed by atoms with Gasteiger partial charge in [0.25, 0.3) is 15.9 Å². The van der Waals surface area contributed by atoms with Crippen molar-refractivity contribution < 1.29 is 22.3 Å². The van der Waals surface area contributed by atoms with Crippen molar-refractivity contribution in [3.05, 3.63) is 84.4 Å². The van der Waals surface area contributed by atoms with Crippen molar-refractivity contribution in [2.45, 2.75) is 4.90 Å². The first-order valence-electron chi connectivity index (χ1n) is 9.35. The number of fused-ring (bicyclic) bond motifs is 1. The Balaban J connectivity index is 1.59. The van der Waals surface area contributed by atoms with Crippen molar-refractivity contribution in [3.8, 4) is 5.75 Å². The first kappa shape index (κ1) is 21.2. The summed E-state index contributed by atoms with van der Waals surface area (Å²) in [5.41, 5.74) is 1.74. The zero-order valence-electron chi connectivity index (χ0n) is 16.7. The lowest BCUT2D eigenvalue weighted by atomic mass is 10.2. The van der Waals surface area contributed by atoms with E-state index in [1.807, 2.05) is 6.07 Å². The number of amides is 1. The fourth-order valence-corrected chi connectivity index (χ4v) is 4.01. The molecule has 8 nitrogen and oxygen atoms in total. The lowest BCUT2D eigenvalue weighted by Crippen LogP contribution is -2.16. The Labute approximate surface area is 183 Å². The van der Waals surface area contributed by atoms with Crippen LogP contribution in [0.4, 0.5) is 15.8 Å². The second-order valence-electron chi connectivity index (χ2n) is 6.67. The zero-order chi connectivity index (χ0) is 22.7. The van der Waals surface area contributed by atoms with Crippen molar-refractivity contribution in [2.24, 2.45) is 0 Å². The predicted molar refractivity (Wildman–Crippen MR) is 118 cm³/mol. The van der Waals surface area contributed by atoms with E-state index in [-0.39, 0.29) is 22.0 Å². The summed E-state index contributed by atoms with van der Waals surface area (Å²) in [6, 6.07) is 16.0. The number of para-hydroxylation sites is 2. The van der Waals surface area contributed by atoms with E-state index in [1.165, 1.54) is 25.4 Å². The van der Waals surface area contributed by atoms with Crippen LogP contribution in [0.5, 0.6) is 5.75 Å². The summed E-state index contributed by atoms with van der Waals surface area (Å²) < 4.78 is 46.1. The van der Waals surface area contributed by atoms with Gasteiger partial charge in [-0.1, -0.05) is 12.1 Å². The number of methoxy groups -OCH3 is 1. The summed E-state index contributed by atoms with van der Waals surface area (Å²) in [6.45, 7) is 0. The SMILES string of the molecule is COc1ccc(NC(=O)c2cnc3ccccc3n2)cc1NS(=O)(=O)c1ccc(F)cc1. The Hall–Kier alpha value is -4.05. The van der Waals surface area contributed by atoms with Gasteiger partial charge in [-0.2, -0.15) is 0 Å². The molecule has 32 heavy (non-hydrogen) atoms. The second-order valence-corrected chi connectivity index (χ2v) is 8.35. The van der Waals surface area contributed by atoms with Gasteiger partial charge in [-0.05, 0) is 54.6 Å². The minimum absolute atomic E-state index is 0.0965. The number of aromatic nitrogens is 2. The number of hydrogen-bond acceptors (Lipinski definition) is 6. The molecule has 162 valence electrons. The van der Waals surface area contributed by atoms with Crippen LogP contribution in [0, 0.1) is 5.82 Å². The Morgan fingerprint density at radius 1 is 1.00 bits per heavy atom. The van der Waals surface area contributed by atoms with Crippen LogP contribution in [0.3, 0.4) is 0 Å². The van der Waals surface area contributed by atoms with Gasteiger partial charge < -0.3 is 10.1 Å². The van der Waals surface area contributed by atoms with Crippen molar-refractivity contribution in [1.29, 1.82) is 0 Å². The van der Waals surface area contributed by atoms with E-state index in [9.17, 15) is 17.6 Å². The van der Waals surface area contributed by atoms with Gasteiger partial charge >= 0.3 is 0 Å². The predicted octanol–water partition coefficient (Wildman–Crippen LogP) is 3.83. The average Bonchev–Trinajstić information content (AvgIpc) is 2.79. The maximum atomic E-state index is 13.1. The smallest absolute Gasteiger partial charge is 0.275 e. The van der Waals surface area contributed by atoms with Crippen molar-refractivity contribution in [2.75, 3.05) is 17.1 Å². The third kappa shape index (κ3) is 4.49. The molecule has 1 amide bonds. The van der Waals surface area contributed by atoms with Crippen molar-refractivity contribution in [3.63, 3.8) is 0 Å². The summed E-state index contributed by atoms with van der Waals surface area (Å²) in [7, 11) is -2.63. The molecule has 0 aliphatic rings. The Kier molecular flexibility index (Phi) is 5.69. The molecule has 2 N–H and O–H groups in total. The minimum atomic E-state index is -4.02. The van der Waals surface area contributed by atoms with Gasteiger partial charge in [-0.15, -0.1) is 0 Å². The van der Waals surface area contributed by atoms with Gasteiger partial charge in [-0.25, -0.2) is 17.8 Å². The monoisotopic (exact) mass is 452 g/mol. The highest BCUT2D eigenvalue weighted by molar-refractivity contribution is 7.92. The van der Waals surface area contributed by atoms with Crippen LogP contribution in [-0.4, -0.2) is 31.4 Å². The van der Waals surface area contributed by atoms with Crippen LogP contribution in [-0.2, 0) is 10.0 Å². The molecule has 0 fully saturated rings. The Morgan fingerprint density at radius 2 is 1.72 bits per heavy atom. The molecule has 1 heterocycles. The maximum Gasteiger partial charge on any atom is 0.275 e. The fourth-order valence-electron chi connectivity index (χ4n) is 2.94. The second kappa shape index (κ2) is 8.60. The lowest BCUT2D eigenvalue weighted by molar-refractivity contribution is 0.102. The number of ether oxygens (including phenoxy) is 1. The highest BCUT2D eigenvalue weighted by Crippen LogP contribution is 2.30. The molecule has 0 saturated heterocycles. The number of hydrogen-bond donors (Lipinski definition) is 2. The molecule has 10 heteroatoms. The van der Waals surface area contributed by atoms with Gasteiger partial charge in [0.2, 0.25) is 0 Å². The molecule has 3 aromatic carbocycles. The van der Waals surface area contributed by atoms with Crippen molar-refractivity contribution in [1.82, 2.24) is 9.97 Å². The number of rotatable bonds is 6. The third-order valence-corrected chi connectivity index (χ3v) is 5.89. The van der Waals surface area contributed by atoms with E-state index in [1.54, 1.807) is 24.3 Å². The lowest BCUT2D eigenvalue weighted by Gasteiger charge is -2.14. The van der Waals surface area contributed by atoms with Crippen LogP contribution >= 0.6 is 0 Å². The van der Waals surface area contributed by atoms with Crippen molar-refractivity contribution >= 4 is 38.3 Å². The molecule has 1 aromatic heterocycles. The van der Waals surface area contributed by atoms with Gasteiger partial charge in [-0.3, -0.25) is 14.5 Å². The Bertz CT molecular complexity index is 1410. The minimum Gasteiger partial charge on any atom is -0.495 e. The van der Waals surface area contributed by atoms with Crippen LogP contribution < -0.4 is 14.8 Å². The quantitative estimate of drug-likeness (QED) is 0.460. The number of carbonyl (C=O) groups excluding carboxylic acids is 1. The number of nitrogens with one attached hydrogen (secondary N) is 2.